The Morgan fingerprint density at radius 2 is 1.71 bits per heavy atom. The largest absolute Gasteiger partial charge is 0.460 e. The molecule has 2 N–H and O–H groups in total. The molecule has 9 nitrogen and oxygen atoms in total. The van der Waals surface area contributed by atoms with Gasteiger partial charge in [-0.2, -0.15) is 0 Å². The molecule has 9 atom stereocenters. The minimum absolute atomic E-state index is 0.0481. The number of cyclic esters (lactones) is 1. The van der Waals surface area contributed by atoms with Crippen LogP contribution in [0.1, 0.15) is 131 Å². The maximum absolute atomic E-state index is 14.1. The molecule has 0 aromatic carbocycles. The molecule has 0 radical (unpaired) electrons. The second-order valence-electron chi connectivity index (χ2n) is 16.5. The van der Waals surface area contributed by atoms with Crippen molar-refractivity contribution in [3.63, 3.8) is 0 Å². The van der Waals surface area contributed by atoms with E-state index < -0.39 is 23.9 Å². The van der Waals surface area contributed by atoms with Crippen LogP contribution in [0.5, 0.6) is 0 Å². The van der Waals surface area contributed by atoms with Crippen LogP contribution in [0, 0.1) is 29.6 Å². The van der Waals surface area contributed by atoms with Gasteiger partial charge in [0.25, 0.3) is 0 Å². The number of aliphatic hydroxyl groups excluding tert-OH is 1. The lowest BCUT2D eigenvalue weighted by molar-refractivity contribution is -0.284. The standard InChI is InChI=1S/C42H67NO8/c1-28-12-8-7-9-13-30(3)38(49-6)25-35-22-17-32(5)42(48,51-35)27-40(46)43-23-11-10-14-36(43)41(47)50-39(26-37(45)29(2)16-15-28)31(4)24-33-18-20-34(44)21-19-33/h7-9,12-13,28-29,31-36,38-39,44,48H,10-11,14-27H2,1-6H3/b9-7+,12-8+,30-13?/t28-,29-,31-,32-,33?,34?,35+,36+,38+,39?,42+/m1/s1. The molecule has 3 heterocycles. The van der Waals surface area contributed by atoms with Gasteiger partial charge in [-0.1, -0.05) is 58.1 Å². The van der Waals surface area contributed by atoms with Gasteiger partial charge in [-0.3, -0.25) is 9.59 Å². The van der Waals surface area contributed by atoms with Crippen molar-refractivity contribution < 1.29 is 38.8 Å². The van der Waals surface area contributed by atoms with Crippen molar-refractivity contribution in [2.75, 3.05) is 13.7 Å². The first kappa shape index (κ1) is 41.4. The highest BCUT2D eigenvalue weighted by atomic mass is 16.6. The summed E-state index contributed by atoms with van der Waals surface area (Å²) in [5.41, 5.74) is 1.04. The third-order valence-corrected chi connectivity index (χ3v) is 12.3. The smallest absolute Gasteiger partial charge is 0.329 e. The molecule has 0 spiro atoms. The van der Waals surface area contributed by atoms with Crippen LogP contribution in [0.4, 0.5) is 0 Å². The lowest BCUT2D eigenvalue weighted by Gasteiger charge is -2.44. The summed E-state index contributed by atoms with van der Waals surface area (Å²) in [5.74, 6) is -2.14. The summed E-state index contributed by atoms with van der Waals surface area (Å²) in [6.07, 6.45) is 18.7. The minimum atomic E-state index is -1.66. The van der Waals surface area contributed by atoms with Crippen LogP contribution in [-0.4, -0.2) is 82.7 Å². The molecule has 1 saturated carbocycles. The average Bonchev–Trinajstić information content (AvgIpc) is 3.10. The van der Waals surface area contributed by atoms with Crippen LogP contribution in [0.2, 0.25) is 0 Å². The van der Waals surface area contributed by atoms with Crippen LogP contribution in [0.3, 0.4) is 0 Å². The first-order valence-corrected chi connectivity index (χ1v) is 19.9. The van der Waals surface area contributed by atoms with Gasteiger partial charge in [-0.15, -0.1) is 0 Å². The number of aliphatic hydroxyl groups is 2. The number of rotatable bonds is 4. The van der Waals surface area contributed by atoms with Crippen LogP contribution in [-0.2, 0) is 28.6 Å². The van der Waals surface area contributed by atoms with Crippen LogP contribution in [0.25, 0.3) is 0 Å². The van der Waals surface area contributed by atoms with Crippen molar-refractivity contribution in [3.8, 4) is 0 Å². The summed E-state index contributed by atoms with van der Waals surface area (Å²) in [4.78, 5) is 43.3. The van der Waals surface area contributed by atoms with E-state index >= 15 is 0 Å². The monoisotopic (exact) mass is 713 g/mol. The number of ether oxygens (including phenoxy) is 3. The summed E-state index contributed by atoms with van der Waals surface area (Å²) in [6.45, 7) is 10.5. The molecule has 4 rings (SSSR count). The SMILES string of the molecule is CO[C@H]1C[C@@H]2CC[C@@H](C)[C@](O)(CC(=O)N3CCCC[C@H]3C(=O)OC([C@H](C)CC3CCC(O)CC3)CC(=O)[C@H](C)CC[C@H](C)/C=C/C=C/C=C1C)O2. The van der Waals surface area contributed by atoms with Crippen molar-refractivity contribution >= 4 is 17.7 Å². The Morgan fingerprint density at radius 3 is 2.43 bits per heavy atom. The average molecular weight is 714 g/mol. The fourth-order valence-corrected chi connectivity index (χ4v) is 8.45. The zero-order chi connectivity index (χ0) is 37.1. The van der Waals surface area contributed by atoms with E-state index in [2.05, 4.69) is 19.9 Å². The highest BCUT2D eigenvalue weighted by Crippen LogP contribution is 2.38. The van der Waals surface area contributed by atoms with Crippen LogP contribution >= 0.6 is 0 Å². The lowest BCUT2D eigenvalue weighted by Crippen LogP contribution is -2.55. The van der Waals surface area contributed by atoms with Gasteiger partial charge in [0.1, 0.15) is 17.9 Å². The third-order valence-electron chi connectivity index (χ3n) is 12.3. The van der Waals surface area contributed by atoms with Crippen LogP contribution in [0.15, 0.2) is 36.0 Å². The summed E-state index contributed by atoms with van der Waals surface area (Å²) in [5, 5.41) is 21.9. The number of esters is 1. The van der Waals surface area contributed by atoms with E-state index in [9.17, 15) is 24.6 Å². The Labute approximate surface area is 307 Å². The van der Waals surface area contributed by atoms with Gasteiger partial charge in [0.2, 0.25) is 5.91 Å². The molecule has 1 unspecified atom stereocenters. The number of nitrogens with zero attached hydrogens (tertiary/aromatic N) is 1. The molecule has 1 amide bonds. The fourth-order valence-electron chi connectivity index (χ4n) is 8.45. The van der Waals surface area contributed by atoms with Crippen molar-refractivity contribution in [3.05, 3.63) is 36.0 Å². The second kappa shape index (κ2) is 19.7. The Balaban J connectivity index is 1.59. The molecule has 0 aromatic heterocycles. The molecule has 51 heavy (non-hydrogen) atoms. The number of amides is 1. The first-order chi connectivity index (χ1) is 24.3. The fraction of sp³-hybridized carbons (Fsp3) is 0.786. The van der Waals surface area contributed by atoms with Crippen molar-refractivity contribution in [1.29, 1.82) is 0 Å². The zero-order valence-electron chi connectivity index (χ0n) is 32.3. The number of carbonyl (C=O) groups is 3. The van der Waals surface area contributed by atoms with Gasteiger partial charge in [0.15, 0.2) is 5.79 Å². The highest BCUT2D eigenvalue weighted by Gasteiger charge is 2.46. The molecular weight excluding hydrogens is 646 g/mol. The van der Waals surface area contributed by atoms with Gasteiger partial charge in [0.05, 0.1) is 24.7 Å². The number of piperidine rings is 1. The number of Topliss-reactive ketones (excluding diaryl/α,β-unsaturated/α-hetero) is 1. The summed E-state index contributed by atoms with van der Waals surface area (Å²) >= 11 is 0. The van der Waals surface area contributed by atoms with E-state index in [0.29, 0.717) is 37.6 Å². The molecule has 0 aromatic rings. The Kier molecular flexibility index (Phi) is 16.0. The van der Waals surface area contributed by atoms with Gasteiger partial charge in [-0.05, 0) is 107 Å². The molecule has 3 fully saturated rings. The van der Waals surface area contributed by atoms with E-state index in [1.165, 1.54) is 0 Å². The predicted molar refractivity (Wildman–Crippen MR) is 198 cm³/mol. The van der Waals surface area contributed by atoms with Gasteiger partial charge < -0.3 is 29.3 Å². The Bertz CT molecular complexity index is 1240. The van der Waals surface area contributed by atoms with Gasteiger partial charge in [-0.25, -0.2) is 4.79 Å². The number of allylic oxidation sites excluding steroid dienone is 5. The summed E-state index contributed by atoms with van der Waals surface area (Å²) in [6, 6.07) is -0.770. The third kappa shape index (κ3) is 12.1. The minimum Gasteiger partial charge on any atom is -0.460 e. The van der Waals surface area contributed by atoms with E-state index in [4.69, 9.17) is 14.2 Å². The van der Waals surface area contributed by atoms with Crippen molar-refractivity contribution in [2.45, 2.75) is 167 Å². The van der Waals surface area contributed by atoms with Crippen molar-refractivity contribution in [2.24, 2.45) is 29.6 Å². The van der Waals surface area contributed by atoms with E-state index in [0.717, 1.165) is 69.8 Å². The molecule has 1 aliphatic carbocycles. The van der Waals surface area contributed by atoms with Crippen molar-refractivity contribution in [1.82, 2.24) is 4.90 Å². The number of methoxy groups -OCH3 is 1. The summed E-state index contributed by atoms with van der Waals surface area (Å²) in [7, 11) is 1.68. The molecule has 288 valence electrons. The number of hydrogen-bond acceptors (Lipinski definition) is 8. The Morgan fingerprint density at radius 1 is 0.961 bits per heavy atom. The molecule has 2 bridgehead atoms. The molecular formula is C42H67NO8. The second-order valence-corrected chi connectivity index (χ2v) is 16.5. The predicted octanol–water partition coefficient (Wildman–Crippen LogP) is 7.24. The lowest BCUT2D eigenvalue weighted by atomic mass is 9.79. The van der Waals surface area contributed by atoms with Gasteiger partial charge in [0, 0.05) is 38.3 Å². The topological polar surface area (TPSA) is 123 Å². The Hall–Kier alpha value is -2.33. The van der Waals surface area contributed by atoms with Crippen LogP contribution < -0.4 is 0 Å². The molecule has 4 aliphatic rings. The van der Waals surface area contributed by atoms with E-state index in [1.54, 1.807) is 12.0 Å². The number of carbonyl (C=O) groups excluding carboxylic acids is 3. The molecule has 3 aliphatic heterocycles. The van der Waals surface area contributed by atoms with Gasteiger partial charge >= 0.3 is 5.97 Å². The normalized spacial score (nSPS) is 39.1. The maximum atomic E-state index is 14.1. The number of fused-ring (bicyclic) bond motifs is 3. The van der Waals surface area contributed by atoms with E-state index in [1.807, 2.05) is 45.1 Å². The molecule has 2 saturated heterocycles. The maximum Gasteiger partial charge on any atom is 0.329 e. The summed E-state index contributed by atoms with van der Waals surface area (Å²) < 4.78 is 18.5. The quantitative estimate of drug-likeness (QED) is 0.293. The first-order valence-electron chi connectivity index (χ1n) is 19.9. The zero-order valence-corrected chi connectivity index (χ0v) is 32.3. The number of hydrogen-bond donors (Lipinski definition) is 2. The van der Waals surface area contributed by atoms with E-state index in [-0.39, 0.29) is 60.6 Å². The number of ketones is 1. The molecule has 9 heteroatoms. The highest BCUT2D eigenvalue weighted by molar-refractivity contribution is 5.86.